The fourth-order valence-corrected chi connectivity index (χ4v) is 5.94. The Morgan fingerprint density at radius 3 is 2.44 bits per heavy atom. The number of carbonyl (C=O) groups is 2. The molecule has 0 fully saturated rings. The lowest BCUT2D eigenvalue weighted by Gasteiger charge is -2.29. The predicted molar refractivity (Wildman–Crippen MR) is 133 cm³/mol. The third kappa shape index (κ3) is 5.67. The molecule has 34 heavy (non-hydrogen) atoms. The maximum Gasteiger partial charge on any atom is 0.251 e. The van der Waals surface area contributed by atoms with Crippen molar-refractivity contribution in [3.05, 3.63) is 65.2 Å². The highest BCUT2D eigenvalue weighted by Gasteiger charge is 2.29. The van der Waals surface area contributed by atoms with Crippen molar-refractivity contribution in [3.8, 4) is 0 Å². The maximum atomic E-state index is 13.2. The van der Waals surface area contributed by atoms with Crippen LogP contribution in [0.1, 0.15) is 68.1 Å². The molecule has 3 rings (SSSR count). The second kappa shape index (κ2) is 11.1. The Labute approximate surface area is 203 Å². The van der Waals surface area contributed by atoms with E-state index in [0.717, 1.165) is 24.8 Å². The van der Waals surface area contributed by atoms with Crippen LogP contribution in [0.2, 0.25) is 0 Å². The van der Waals surface area contributed by atoms with Crippen molar-refractivity contribution >= 4 is 21.8 Å². The van der Waals surface area contributed by atoms with E-state index in [1.807, 2.05) is 32.0 Å². The van der Waals surface area contributed by atoms with Crippen LogP contribution in [-0.2, 0) is 21.2 Å². The summed E-state index contributed by atoms with van der Waals surface area (Å²) in [7, 11) is -3.69. The lowest BCUT2D eigenvalue weighted by Crippen LogP contribution is -2.50. The van der Waals surface area contributed by atoms with Gasteiger partial charge in [-0.3, -0.25) is 9.59 Å². The highest BCUT2D eigenvalue weighted by Crippen LogP contribution is 2.29. The molecule has 0 aliphatic heterocycles. The van der Waals surface area contributed by atoms with Crippen molar-refractivity contribution in [3.63, 3.8) is 0 Å². The number of aryl methyl sites for hydroxylation is 1. The number of fused-ring (bicyclic) bond motifs is 1. The van der Waals surface area contributed by atoms with E-state index in [1.54, 1.807) is 26.0 Å². The Balaban J connectivity index is 1.77. The Kier molecular flexibility index (Phi) is 8.49. The summed E-state index contributed by atoms with van der Waals surface area (Å²) in [6.07, 6.45) is 2.85. The van der Waals surface area contributed by atoms with E-state index in [4.69, 9.17) is 0 Å². The SMILES string of the molecule is CCN(CC)S(=O)(=O)c1cccc(C(=O)NC(C(=O)NC2CCCc3ccccc32)C(C)C)c1. The number of hydrogen-bond acceptors (Lipinski definition) is 4. The molecule has 8 heteroatoms. The lowest BCUT2D eigenvalue weighted by molar-refractivity contribution is -0.124. The van der Waals surface area contributed by atoms with Crippen LogP contribution in [-0.4, -0.2) is 43.7 Å². The van der Waals surface area contributed by atoms with Gasteiger partial charge in [0.05, 0.1) is 10.9 Å². The lowest BCUT2D eigenvalue weighted by atomic mass is 9.87. The number of carbonyl (C=O) groups excluding carboxylic acids is 2. The average Bonchev–Trinajstić information content (AvgIpc) is 2.83. The minimum absolute atomic E-state index is 0.0632. The second-order valence-electron chi connectivity index (χ2n) is 8.96. The van der Waals surface area contributed by atoms with Crippen LogP contribution in [0.4, 0.5) is 0 Å². The number of amides is 2. The van der Waals surface area contributed by atoms with Gasteiger partial charge >= 0.3 is 0 Å². The molecule has 2 aromatic carbocycles. The van der Waals surface area contributed by atoms with E-state index in [1.165, 1.54) is 22.0 Å². The van der Waals surface area contributed by atoms with Gasteiger partial charge in [-0.1, -0.05) is 58.0 Å². The standard InChI is InChI=1S/C26H35N3O4S/c1-5-29(6-2)34(32,33)21-14-9-13-20(17-21)25(30)28-24(18(3)4)26(31)27-23-16-10-12-19-11-7-8-15-22(19)23/h7-9,11,13-15,17-18,23-24H,5-6,10,12,16H2,1-4H3,(H,27,31)(H,28,30). The highest BCUT2D eigenvalue weighted by atomic mass is 32.2. The summed E-state index contributed by atoms with van der Waals surface area (Å²) in [5, 5.41) is 5.95. The quantitative estimate of drug-likeness (QED) is 0.567. The Hall–Kier alpha value is -2.71. The van der Waals surface area contributed by atoms with Gasteiger partial charge in [0.1, 0.15) is 6.04 Å². The van der Waals surface area contributed by atoms with Gasteiger partial charge in [-0.15, -0.1) is 0 Å². The summed E-state index contributed by atoms with van der Waals surface area (Å²) < 4.78 is 27.1. The number of benzene rings is 2. The molecule has 1 aliphatic rings. The summed E-state index contributed by atoms with van der Waals surface area (Å²) in [5.41, 5.74) is 2.58. The van der Waals surface area contributed by atoms with Gasteiger partial charge < -0.3 is 10.6 Å². The molecule has 2 atom stereocenters. The second-order valence-corrected chi connectivity index (χ2v) is 10.9. The molecule has 0 saturated carbocycles. The zero-order valence-corrected chi connectivity index (χ0v) is 21.2. The summed E-state index contributed by atoms with van der Waals surface area (Å²) >= 11 is 0. The number of nitrogens with one attached hydrogen (secondary N) is 2. The third-order valence-corrected chi connectivity index (χ3v) is 8.41. The molecule has 2 unspecified atom stereocenters. The van der Waals surface area contributed by atoms with Gasteiger partial charge in [0.25, 0.3) is 5.91 Å². The van der Waals surface area contributed by atoms with Gasteiger partial charge in [0, 0.05) is 18.7 Å². The molecule has 0 saturated heterocycles. The van der Waals surface area contributed by atoms with Crippen molar-refractivity contribution < 1.29 is 18.0 Å². The van der Waals surface area contributed by atoms with Gasteiger partial charge in [-0.25, -0.2) is 8.42 Å². The van der Waals surface area contributed by atoms with Crippen molar-refractivity contribution in [2.45, 2.75) is 63.9 Å². The molecule has 184 valence electrons. The topological polar surface area (TPSA) is 95.6 Å². The van der Waals surface area contributed by atoms with E-state index >= 15 is 0 Å². The Bertz CT molecular complexity index is 1130. The minimum atomic E-state index is -3.69. The molecule has 7 nitrogen and oxygen atoms in total. The molecule has 0 radical (unpaired) electrons. The van der Waals surface area contributed by atoms with E-state index in [0.29, 0.717) is 13.1 Å². The Morgan fingerprint density at radius 1 is 1.06 bits per heavy atom. The first-order valence-electron chi connectivity index (χ1n) is 12.0. The zero-order valence-electron chi connectivity index (χ0n) is 20.4. The van der Waals surface area contributed by atoms with Crippen molar-refractivity contribution in [2.75, 3.05) is 13.1 Å². The van der Waals surface area contributed by atoms with Crippen LogP contribution in [0.25, 0.3) is 0 Å². The third-order valence-electron chi connectivity index (χ3n) is 6.36. The van der Waals surface area contributed by atoms with Crippen LogP contribution < -0.4 is 10.6 Å². The van der Waals surface area contributed by atoms with E-state index in [-0.39, 0.29) is 28.3 Å². The first-order chi connectivity index (χ1) is 16.2. The molecule has 2 aromatic rings. The Morgan fingerprint density at radius 2 is 1.76 bits per heavy atom. The van der Waals surface area contributed by atoms with Gasteiger partial charge in [-0.2, -0.15) is 4.31 Å². The van der Waals surface area contributed by atoms with E-state index < -0.39 is 22.0 Å². The van der Waals surface area contributed by atoms with E-state index in [2.05, 4.69) is 16.7 Å². The normalized spacial score (nSPS) is 16.7. The maximum absolute atomic E-state index is 13.2. The van der Waals surface area contributed by atoms with E-state index in [9.17, 15) is 18.0 Å². The van der Waals surface area contributed by atoms with Crippen molar-refractivity contribution in [1.29, 1.82) is 0 Å². The molecule has 0 heterocycles. The molecule has 1 aliphatic carbocycles. The predicted octanol–water partition coefficient (Wildman–Crippen LogP) is 3.67. The fraction of sp³-hybridized carbons (Fsp3) is 0.462. The molecule has 0 aromatic heterocycles. The first kappa shape index (κ1) is 25.9. The monoisotopic (exact) mass is 485 g/mol. The van der Waals surface area contributed by atoms with Gasteiger partial charge in [-0.05, 0) is 54.5 Å². The molecule has 2 N–H and O–H groups in total. The van der Waals surface area contributed by atoms with Crippen LogP contribution in [0.15, 0.2) is 53.4 Å². The van der Waals surface area contributed by atoms with Gasteiger partial charge in [0.15, 0.2) is 0 Å². The van der Waals surface area contributed by atoms with Crippen LogP contribution in [0.5, 0.6) is 0 Å². The zero-order chi connectivity index (χ0) is 24.9. The smallest absolute Gasteiger partial charge is 0.251 e. The first-order valence-corrected chi connectivity index (χ1v) is 13.4. The summed E-state index contributed by atoms with van der Waals surface area (Å²) in [6, 6.07) is 13.3. The van der Waals surface area contributed by atoms with Crippen molar-refractivity contribution in [2.24, 2.45) is 5.92 Å². The highest BCUT2D eigenvalue weighted by molar-refractivity contribution is 7.89. The number of rotatable bonds is 9. The molecule has 0 bridgehead atoms. The summed E-state index contributed by atoms with van der Waals surface area (Å²) in [6.45, 7) is 7.98. The van der Waals surface area contributed by atoms with Crippen LogP contribution in [0, 0.1) is 5.92 Å². The average molecular weight is 486 g/mol. The number of nitrogens with zero attached hydrogens (tertiary/aromatic N) is 1. The molecule has 0 spiro atoms. The number of hydrogen-bond donors (Lipinski definition) is 2. The van der Waals surface area contributed by atoms with Crippen molar-refractivity contribution in [1.82, 2.24) is 14.9 Å². The van der Waals surface area contributed by atoms with Crippen LogP contribution in [0.3, 0.4) is 0 Å². The fourth-order valence-electron chi connectivity index (χ4n) is 4.44. The minimum Gasteiger partial charge on any atom is -0.347 e. The summed E-state index contributed by atoms with van der Waals surface area (Å²) in [5.74, 6) is -0.864. The van der Waals surface area contributed by atoms with Gasteiger partial charge in [0.2, 0.25) is 15.9 Å². The summed E-state index contributed by atoms with van der Waals surface area (Å²) in [4.78, 5) is 26.3. The molecule has 2 amide bonds. The van der Waals surface area contributed by atoms with Crippen LogP contribution >= 0.6 is 0 Å². The number of sulfonamides is 1. The molecular formula is C26H35N3O4S. The largest absolute Gasteiger partial charge is 0.347 e. The molecular weight excluding hydrogens is 450 g/mol.